The summed E-state index contributed by atoms with van der Waals surface area (Å²) in [4.78, 5) is 16.7. The monoisotopic (exact) mass is 375 g/mol. The van der Waals surface area contributed by atoms with Crippen LogP contribution < -0.4 is 14.5 Å². The first kappa shape index (κ1) is 18.5. The van der Waals surface area contributed by atoms with Gasteiger partial charge in [-0.2, -0.15) is 0 Å². The molecule has 0 aliphatic carbocycles. The number of hydrogen-bond donors (Lipinski definition) is 1. The molecule has 144 valence electrons. The van der Waals surface area contributed by atoms with Gasteiger partial charge in [-0.15, -0.1) is 0 Å². The molecule has 2 aliphatic heterocycles. The number of nitrogens with one attached hydrogen (secondary N) is 1. The summed E-state index contributed by atoms with van der Waals surface area (Å²) in [5.41, 5.74) is 3.02. The Morgan fingerprint density at radius 1 is 1.11 bits per heavy atom. The molecule has 0 aromatic heterocycles. The molecule has 3 atom stereocenters. The van der Waals surface area contributed by atoms with Gasteiger partial charge in [-0.05, 0) is 42.0 Å². The molecule has 2 aromatic carbocycles. The predicted octanol–water partition coefficient (Wildman–Crippen LogP) is 3.07. The smallest absolute Gasteiger partial charge is 0.255 e. The molecule has 0 saturated carbocycles. The van der Waals surface area contributed by atoms with E-state index >= 15 is 0 Å². The second-order valence-electron chi connectivity index (χ2n) is 7.60. The van der Waals surface area contributed by atoms with Crippen molar-refractivity contribution >= 4 is 17.7 Å². The minimum atomic E-state index is -0.0146. The Morgan fingerprint density at radius 3 is 2.54 bits per heavy atom. The van der Waals surface area contributed by atoms with Gasteiger partial charge in [0.05, 0.1) is 20.2 Å². The lowest BCUT2D eigenvalue weighted by Gasteiger charge is -2.33. The van der Waals surface area contributed by atoms with Crippen LogP contribution in [0.15, 0.2) is 72.4 Å². The van der Waals surface area contributed by atoms with Crippen molar-refractivity contribution in [2.45, 2.75) is 31.3 Å². The summed E-state index contributed by atoms with van der Waals surface area (Å²) in [6.07, 6.45) is 9.21. The molecule has 1 saturated heterocycles. The number of nitrogens with zero attached hydrogens (tertiary/aromatic N) is 1. The van der Waals surface area contributed by atoms with E-state index in [4.69, 9.17) is 4.74 Å². The van der Waals surface area contributed by atoms with Crippen LogP contribution in [-0.4, -0.2) is 32.1 Å². The number of methoxy groups -OCH3 is 1. The van der Waals surface area contributed by atoms with E-state index in [2.05, 4.69) is 13.1 Å². The molecule has 0 spiro atoms. The van der Waals surface area contributed by atoms with Crippen LogP contribution in [0.25, 0.3) is 6.08 Å². The third kappa shape index (κ3) is 3.73. The van der Waals surface area contributed by atoms with Crippen LogP contribution in [0.5, 0.6) is 5.75 Å². The third-order valence-corrected chi connectivity index (χ3v) is 5.96. The number of amides is 1. The fourth-order valence-corrected chi connectivity index (χ4v) is 4.31. The Kier molecular flexibility index (Phi) is 5.31. The summed E-state index contributed by atoms with van der Waals surface area (Å²) in [6.45, 7) is 0. The standard InChI is InChI=1S/C24H26N2O2/c1-25-20-9-10-21(25)17-22(16-20)26(19-11-13-23(28-2)14-12-19)24(27)15-8-18-6-4-3-5-7-18/h3-8,11-16,20-21H,9-10,17H2,1-2H3/p+1/b15-8+/t20-,21+/m1/s1. The Morgan fingerprint density at radius 2 is 1.86 bits per heavy atom. The lowest BCUT2D eigenvalue weighted by atomic mass is 10.0. The number of fused-ring (bicyclic) bond motifs is 2. The molecule has 2 heterocycles. The Labute approximate surface area is 166 Å². The molecule has 28 heavy (non-hydrogen) atoms. The van der Waals surface area contributed by atoms with Gasteiger partial charge in [-0.3, -0.25) is 9.69 Å². The predicted molar refractivity (Wildman–Crippen MR) is 112 cm³/mol. The molecule has 2 aromatic rings. The molecule has 4 rings (SSSR count). The first-order chi connectivity index (χ1) is 13.7. The molecule has 1 unspecified atom stereocenters. The Bertz CT molecular complexity index is 887. The number of ether oxygens (including phenoxy) is 1. The maximum absolute atomic E-state index is 13.2. The second-order valence-corrected chi connectivity index (χ2v) is 7.60. The number of benzene rings is 2. The lowest BCUT2D eigenvalue weighted by molar-refractivity contribution is -0.911. The summed E-state index contributed by atoms with van der Waals surface area (Å²) in [5.74, 6) is 0.775. The first-order valence-electron chi connectivity index (χ1n) is 9.91. The summed E-state index contributed by atoms with van der Waals surface area (Å²) >= 11 is 0. The number of hydrogen-bond acceptors (Lipinski definition) is 2. The number of carbonyl (C=O) groups is 1. The molecular formula is C24H27N2O2+. The molecule has 2 aliphatic rings. The van der Waals surface area contributed by atoms with Crippen LogP contribution in [0.3, 0.4) is 0 Å². The quantitative estimate of drug-likeness (QED) is 0.815. The maximum Gasteiger partial charge on any atom is 0.255 e. The average molecular weight is 375 g/mol. The topological polar surface area (TPSA) is 34.0 Å². The number of anilines is 1. The summed E-state index contributed by atoms with van der Waals surface area (Å²) in [5, 5.41) is 0. The van der Waals surface area contributed by atoms with Crippen molar-refractivity contribution in [1.29, 1.82) is 0 Å². The normalized spacial score (nSPS) is 23.5. The second kappa shape index (κ2) is 8.03. The van der Waals surface area contributed by atoms with Crippen molar-refractivity contribution < 1.29 is 14.4 Å². The molecule has 4 heteroatoms. The highest BCUT2D eigenvalue weighted by Gasteiger charge is 2.40. The highest BCUT2D eigenvalue weighted by atomic mass is 16.5. The van der Waals surface area contributed by atoms with E-state index in [0.717, 1.165) is 29.1 Å². The zero-order valence-corrected chi connectivity index (χ0v) is 16.5. The van der Waals surface area contributed by atoms with E-state index in [1.807, 2.05) is 65.6 Å². The lowest BCUT2D eigenvalue weighted by Crippen LogP contribution is -3.14. The van der Waals surface area contributed by atoms with E-state index in [0.29, 0.717) is 12.1 Å². The van der Waals surface area contributed by atoms with Crippen molar-refractivity contribution in [2.75, 3.05) is 19.1 Å². The number of rotatable bonds is 5. The number of likely N-dealkylation sites (N-methyl/N-ethyl adjacent to an activating group) is 1. The summed E-state index contributed by atoms with van der Waals surface area (Å²) in [7, 11) is 3.92. The van der Waals surface area contributed by atoms with E-state index in [-0.39, 0.29) is 5.91 Å². The molecule has 1 fully saturated rings. The molecular weight excluding hydrogens is 348 g/mol. The van der Waals surface area contributed by atoms with E-state index in [1.165, 1.54) is 12.8 Å². The number of carbonyl (C=O) groups excluding carboxylic acids is 1. The largest absolute Gasteiger partial charge is 0.497 e. The van der Waals surface area contributed by atoms with Crippen molar-refractivity contribution in [3.8, 4) is 5.75 Å². The zero-order chi connectivity index (χ0) is 19.5. The van der Waals surface area contributed by atoms with Gasteiger partial charge >= 0.3 is 0 Å². The van der Waals surface area contributed by atoms with E-state index < -0.39 is 0 Å². The van der Waals surface area contributed by atoms with Gasteiger partial charge in [0.15, 0.2) is 0 Å². The van der Waals surface area contributed by atoms with Crippen LogP contribution in [0, 0.1) is 0 Å². The summed E-state index contributed by atoms with van der Waals surface area (Å²) < 4.78 is 5.28. The summed E-state index contributed by atoms with van der Waals surface area (Å²) in [6, 6.07) is 18.8. The van der Waals surface area contributed by atoms with Gasteiger partial charge < -0.3 is 9.64 Å². The fraction of sp³-hybridized carbons (Fsp3) is 0.292. The molecule has 1 amide bonds. The fourth-order valence-electron chi connectivity index (χ4n) is 4.31. The Balaban J connectivity index is 1.66. The van der Waals surface area contributed by atoms with E-state index in [9.17, 15) is 4.79 Å². The maximum atomic E-state index is 13.2. The molecule has 0 radical (unpaired) electrons. The van der Waals surface area contributed by atoms with Crippen LogP contribution in [0.2, 0.25) is 0 Å². The minimum absolute atomic E-state index is 0.0146. The van der Waals surface area contributed by atoms with Crippen molar-refractivity contribution in [3.63, 3.8) is 0 Å². The number of quaternary nitrogens is 1. The van der Waals surface area contributed by atoms with Crippen LogP contribution in [0.4, 0.5) is 5.69 Å². The average Bonchev–Trinajstić information content (AvgIpc) is 2.94. The van der Waals surface area contributed by atoms with Gasteiger partial charge in [0.2, 0.25) is 0 Å². The van der Waals surface area contributed by atoms with Gasteiger partial charge in [0, 0.05) is 36.7 Å². The third-order valence-electron chi connectivity index (χ3n) is 5.96. The van der Waals surface area contributed by atoms with Crippen LogP contribution in [-0.2, 0) is 4.79 Å². The Hall–Kier alpha value is -2.85. The molecule has 4 nitrogen and oxygen atoms in total. The first-order valence-corrected chi connectivity index (χ1v) is 9.91. The van der Waals surface area contributed by atoms with Gasteiger partial charge in [0.25, 0.3) is 5.91 Å². The van der Waals surface area contributed by atoms with Gasteiger partial charge in [-0.1, -0.05) is 30.3 Å². The zero-order valence-electron chi connectivity index (χ0n) is 16.5. The SMILES string of the molecule is COc1ccc(N(C(=O)/C=C/c2ccccc2)C2=C[C@H]3CC[C@@H](C2)[NH+]3C)cc1. The molecule has 1 N–H and O–H groups in total. The van der Waals surface area contributed by atoms with Gasteiger partial charge in [0.1, 0.15) is 11.8 Å². The van der Waals surface area contributed by atoms with Crippen molar-refractivity contribution in [2.24, 2.45) is 0 Å². The van der Waals surface area contributed by atoms with Gasteiger partial charge in [-0.25, -0.2) is 0 Å². The highest BCUT2D eigenvalue weighted by Crippen LogP contribution is 2.30. The van der Waals surface area contributed by atoms with Crippen molar-refractivity contribution in [3.05, 3.63) is 78.0 Å². The van der Waals surface area contributed by atoms with Crippen molar-refractivity contribution in [1.82, 2.24) is 0 Å². The minimum Gasteiger partial charge on any atom is -0.497 e. The van der Waals surface area contributed by atoms with Crippen LogP contribution in [0.1, 0.15) is 24.8 Å². The van der Waals surface area contributed by atoms with E-state index in [1.54, 1.807) is 18.1 Å². The van der Waals surface area contributed by atoms with Crippen LogP contribution >= 0.6 is 0 Å². The highest BCUT2D eigenvalue weighted by molar-refractivity contribution is 6.06. The molecule has 2 bridgehead atoms.